The van der Waals surface area contributed by atoms with E-state index in [1.54, 1.807) is 101 Å². The van der Waals surface area contributed by atoms with E-state index in [1.807, 2.05) is 0 Å². The molecule has 0 bridgehead atoms. The Morgan fingerprint density at radius 3 is 0.432 bits per heavy atom. The van der Waals surface area contributed by atoms with E-state index in [9.17, 15) is 69.0 Å². The zero-order chi connectivity index (χ0) is 53.9. The van der Waals surface area contributed by atoms with Gasteiger partial charge in [0.2, 0.25) is 12.8 Å². The van der Waals surface area contributed by atoms with Crippen molar-refractivity contribution < 1.29 is 179 Å². The molecule has 0 aliphatic carbocycles. The Balaban J connectivity index is -0.000000179. The second-order valence-corrected chi connectivity index (χ2v) is 20.4. The topological polar surface area (TPSA) is 347 Å². The van der Waals surface area contributed by atoms with Crippen LogP contribution in [0, 0.1) is 120 Å². The zero-order valence-electron chi connectivity index (χ0n) is 38.8. The Morgan fingerprint density at radius 2 is 0.378 bits per heavy atom. The molecule has 0 heterocycles. The number of halogens is 6. The third kappa shape index (κ3) is 45.6. The normalized spacial score (nSPS) is 8.46. The first-order chi connectivity index (χ1) is 32.7. The number of carboxylic acid groups (broad SMARTS) is 6. The molecule has 0 saturated carbocycles. The van der Waals surface area contributed by atoms with E-state index in [0.717, 1.165) is 34.2 Å². The van der Waals surface area contributed by atoms with E-state index in [2.05, 4.69) is 136 Å². The summed E-state index contributed by atoms with van der Waals surface area (Å²) in [5.74, 6) is -6.77. The van der Waals surface area contributed by atoms with Crippen molar-refractivity contribution in [2.45, 2.75) is 0 Å². The monoisotopic (exact) mass is 1970 g/mol. The molecule has 0 spiro atoms. The Kier molecular flexibility index (Phi) is 56.5. The van der Waals surface area contributed by atoms with Crippen LogP contribution in [0.1, 0.15) is 62.1 Å². The standard InChI is InChI=1S/6C7H5IO2.2C3H7NO.2Eu.2H2O/c6*8-6-3-1-5(2-4-6)7(9)10;2*1-4(2)3-5;;;;/h6*1-4H,(H,9,10);2*3H,1-2H3;;;2*1H2/q;;;;;;;;2*+3;;/p-4. The quantitative estimate of drug-likeness (QED) is 0.118. The fraction of sp³-hybridized carbons (Fsp3) is 0.0833. The molecule has 6 N–H and O–H groups in total. The van der Waals surface area contributed by atoms with Crippen LogP contribution in [0.5, 0.6) is 0 Å². The number of carboxylic acids is 6. The van der Waals surface area contributed by atoms with Gasteiger partial charge in [0.1, 0.15) is 0 Å². The van der Waals surface area contributed by atoms with Crippen LogP contribution < -0.4 is 30.6 Å². The van der Waals surface area contributed by atoms with Crippen LogP contribution in [0.3, 0.4) is 0 Å². The first-order valence-corrected chi connectivity index (χ1v) is 25.3. The molecule has 2 amide bonds. The van der Waals surface area contributed by atoms with Gasteiger partial charge in [-0.3, -0.25) is 9.59 Å². The van der Waals surface area contributed by atoms with Crippen LogP contribution in [0.2, 0.25) is 0 Å². The third-order valence-electron chi connectivity index (χ3n) is 6.90. The molecule has 0 aliphatic rings. The number of hydrogen-bond acceptors (Lipinski definition) is 14. The number of rotatable bonds is 8. The molecule has 396 valence electrons. The number of nitrogens with zero attached hydrogens (tertiary/aromatic N) is 2. The molecule has 0 radical (unpaired) electrons. The van der Waals surface area contributed by atoms with Gasteiger partial charge in [0.25, 0.3) is 0 Å². The van der Waals surface area contributed by atoms with E-state index in [1.165, 1.54) is 82.6 Å². The van der Waals surface area contributed by atoms with Crippen LogP contribution in [0.15, 0.2) is 146 Å². The van der Waals surface area contributed by atoms with Gasteiger partial charge in [0.05, 0.1) is 35.8 Å². The van der Waals surface area contributed by atoms with Crippen molar-refractivity contribution in [3.8, 4) is 0 Å². The summed E-state index contributed by atoms with van der Waals surface area (Å²) in [6.07, 6.45) is 1.50. The Bertz CT molecular complexity index is 2100. The van der Waals surface area contributed by atoms with Crippen LogP contribution in [-0.2, 0) is 20.5 Å². The summed E-state index contributed by atoms with van der Waals surface area (Å²) < 4.78 is 6.10. The third-order valence-corrected chi connectivity index (χ3v) is 11.2. The Labute approximate surface area is 590 Å². The first kappa shape index (κ1) is 83.9. The Hall–Kier alpha value is -1.45. The molecule has 0 aromatic heterocycles. The minimum Gasteiger partial charge on any atom is -0.545 e. The van der Waals surface area contributed by atoms with E-state index in [0.29, 0.717) is 0 Å². The second-order valence-electron chi connectivity index (χ2n) is 12.9. The van der Waals surface area contributed by atoms with Crippen molar-refractivity contribution in [1.82, 2.24) is 9.80 Å². The van der Waals surface area contributed by atoms with E-state index >= 15 is 0 Å². The summed E-state index contributed by atoms with van der Waals surface area (Å²) in [5, 5.41) is 61.2. The van der Waals surface area contributed by atoms with Gasteiger partial charge in [-0.2, -0.15) is 0 Å². The average molecular weight is 1970 g/mol. The molecule has 26 heteroatoms. The maximum Gasteiger partial charge on any atom is 3.00 e. The van der Waals surface area contributed by atoms with E-state index in [-0.39, 0.29) is 143 Å². The molecule has 6 aromatic rings. The first-order valence-electron chi connectivity index (χ1n) is 18.8. The van der Waals surface area contributed by atoms with Gasteiger partial charge in [0.15, 0.2) is 0 Å². The Morgan fingerprint density at radius 1 is 0.297 bits per heavy atom. The van der Waals surface area contributed by atoms with Crippen molar-refractivity contribution in [2.24, 2.45) is 0 Å². The predicted molar refractivity (Wildman–Crippen MR) is 310 cm³/mol. The van der Waals surface area contributed by atoms with Gasteiger partial charge < -0.3 is 80.2 Å². The molecule has 0 aliphatic heterocycles. The molecule has 6 aromatic carbocycles. The van der Waals surface area contributed by atoms with Gasteiger partial charge in [-0.25, -0.2) is 0 Å². The van der Waals surface area contributed by atoms with Crippen molar-refractivity contribution in [2.75, 3.05) is 28.2 Å². The fourth-order valence-corrected chi connectivity index (χ4v) is 5.67. The van der Waals surface area contributed by atoms with Crippen LogP contribution in [0.4, 0.5) is 0 Å². The molecular weight excluding hydrogens is 1930 g/mol. The molecular formula is C48H44Eu2I6N2O16+2. The molecule has 74 heavy (non-hydrogen) atoms. The molecule has 0 atom stereocenters. The van der Waals surface area contributed by atoms with Crippen molar-refractivity contribution in [1.29, 1.82) is 0 Å². The summed E-state index contributed by atoms with van der Waals surface area (Å²) in [6, 6.07) is 39.0. The minimum atomic E-state index is -1.13. The number of hydrogen-bond donors (Lipinski definition) is 0. The summed E-state index contributed by atoms with van der Waals surface area (Å²) in [4.78, 5) is 82.9. The van der Waals surface area contributed by atoms with Gasteiger partial charge in [-0.1, -0.05) is 72.8 Å². The van der Waals surface area contributed by atoms with Crippen LogP contribution in [0.25, 0.3) is 0 Å². The SMILES string of the molecule is CN(C)C=O.CN(C)C=O.O=C([O-])c1ccc(I)cc1.O=C([O-])c1ccc(I)cc1.O=C([O-])c1ccc(I)cc1.O=C([O-])c1ccc(I)cc1.O=C([O-])c1ccc(I)cc1.O=C([O-])c1ccc(I)cc1.[Eu+3].[Eu+3].[OH3+].[OH3+]. The number of carbonyl (C=O) groups excluding carboxylic acids is 8. The predicted octanol–water partition coefficient (Wildman–Crippen LogP) is 1.49. The van der Waals surface area contributed by atoms with E-state index in [4.69, 9.17) is 0 Å². The number of carbonyl (C=O) groups is 8. The summed E-state index contributed by atoms with van der Waals surface area (Å²) in [5.41, 5.74) is 1.34. The van der Waals surface area contributed by atoms with Crippen molar-refractivity contribution >= 4 is 184 Å². The largest absolute Gasteiger partial charge is 3.00 e. The maximum absolute atomic E-state index is 10.2. The van der Waals surface area contributed by atoms with Gasteiger partial charge >= 0.3 is 98.8 Å². The number of benzene rings is 6. The minimum absolute atomic E-state index is 0. The van der Waals surface area contributed by atoms with Gasteiger partial charge in [-0.05, 0) is 242 Å². The molecule has 6 rings (SSSR count). The average Bonchev–Trinajstić information content (AvgIpc) is 3.31. The summed E-state index contributed by atoms with van der Waals surface area (Å²) >= 11 is 12.6. The van der Waals surface area contributed by atoms with Crippen molar-refractivity contribution in [3.05, 3.63) is 200 Å². The smallest absolute Gasteiger partial charge is 0.545 e. The van der Waals surface area contributed by atoms with Crippen molar-refractivity contribution in [3.63, 3.8) is 0 Å². The molecule has 0 fully saturated rings. The zero-order valence-corrected chi connectivity index (χ0v) is 56.6. The number of amides is 2. The molecule has 18 nitrogen and oxygen atoms in total. The molecule has 0 saturated heterocycles. The van der Waals surface area contributed by atoms with Crippen LogP contribution >= 0.6 is 136 Å². The van der Waals surface area contributed by atoms with Gasteiger partial charge in [-0.15, -0.1) is 0 Å². The van der Waals surface area contributed by atoms with E-state index < -0.39 is 35.8 Å². The summed E-state index contributed by atoms with van der Waals surface area (Å²) in [7, 11) is 6.75. The van der Waals surface area contributed by atoms with Gasteiger partial charge in [0, 0.05) is 49.6 Å². The molecule has 0 unspecified atom stereocenters. The second kappa shape index (κ2) is 49.8. The summed E-state index contributed by atoms with van der Waals surface area (Å²) in [6.45, 7) is 0. The fourth-order valence-electron chi connectivity index (χ4n) is 3.52. The number of aromatic carboxylic acids is 6. The van der Waals surface area contributed by atoms with Crippen LogP contribution in [-0.4, -0.2) is 86.6 Å². The maximum atomic E-state index is 10.2.